The lowest BCUT2D eigenvalue weighted by Gasteiger charge is -2.22. The Morgan fingerprint density at radius 1 is 1.29 bits per heavy atom. The van der Waals surface area contributed by atoms with Crippen molar-refractivity contribution in [3.05, 3.63) is 29.8 Å². The zero-order chi connectivity index (χ0) is 16.0. The molecule has 0 radical (unpaired) electrons. The quantitative estimate of drug-likeness (QED) is 0.734. The SMILES string of the molecule is CC(C)CN(CC(N)=O)S(=O)(=O)c1ccc(CCCl)cc1. The fourth-order valence-corrected chi connectivity index (χ4v) is 3.70. The first-order valence-electron chi connectivity index (χ1n) is 6.70. The van der Waals surface area contributed by atoms with E-state index in [1.807, 2.05) is 13.8 Å². The van der Waals surface area contributed by atoms with Gasteiger partial charge in [-0.2, -0.15) is 4.31 Å². The first-order valence-corrected chi connectivity index (χ1v) is 8.68. The number of alkyl halides is 1. The lowest BCUT2D eigenvalue weighted by molar-refractivity contribution is -0.118. The van der Waals surface area contributed by atoms with Gasteiger partial charge >= 0.3 is 0 Å². The Bertz CT molecular complexity index is 570. The standard InChI is InChI=1S/C14H21ClN2O3S/c1-11(2)9-17(10-14(16)18)21(19,20)13-5-3-12(4-6-13)7-8-15/h3-6,11H,7-10H2,1-2H3,(H2,16,18). The van der Waals surface area contributed by atoms with E-state index in [-0.39, 0.29) is 23.9 Å². The molecule has 21 heavy (non-hydrogen) atoms. The fourth-order valence-electron chi connectivity index (χ4n) is 1.92. The molecule has 0 aliphatic rings. The Morgan fingerprint density at radius 3 is 2.29 bits per heavy atom. The van der Waals surface area contributed by atoms with E-state index in [2.05, 4.69) is 0 Å². The molecule has 0 unspecified atom stereocenters. The van der Waals surface area contributed by atoms with Crippen LogP contribution in [-0.4, -0.2) is 37.6 Å². The van der Waals surface area contributed by atoms with Crippen molar-refractivity contribution in [2.24, 2.45) is 11.7 Å². The summed E-state index contributed by atoms with van der Waals surface area (Å²) in [7, 11) is -3.72. The van der Waals surface area contributed by atoms with Crippen LogP contribution in [0.15, 0.2) is 29.2 Å². The van der Waals surface area contributed by atoms with Crippen molar-refractivity contribution in [1.29, 1.82) is 0 Å². The highest BCUT2D eigenvalue weighted by Crippen LogP contribution is 2.18. The molecule has 1 rings (SSSR count). The number of hydrogen-bond donors (Lipinski definition) is 1. The maximum atomic E-state index is 12.6. The summed E-state index contributed by atoms with van der Waals surface area (Å²) in [5.41, 5.74) is 6.11. The molecule has 0 aliphatic carbocycles. The summed E-state index contributed by atoms with van der Waals surface area (Å²) in [6.07, 6.45) is 0.679. The monoisotopic (exact) mass is 332 g/mol. The van der Waals surface area contributed by atoms with Crippen LogP contribution in [0.1, 0.15) is 19.4 Å². The number of nitrogens with zero attached hydrogens (tertiary/aromatic N) is 1. The van der Waals surface area contributed by atoms with E-state index < -0.39 is 15.9 Å². The predicted octanol–water partition coefficient (Wildman–Crippen LogP) is 1.60. The Balaban J connectivity index is 3.06. The maximum Gasteiger partial charge on any atom is 0.243 e. The molecule has 0 spiro atoms. The molecule has 5 nitrogen and oxygen atoms in total. The summed E-state index contributed by atoms with van der Waals surface area (Å²) >= 11 is 5.65. The molecular formula is C14H21ClN2O3S. The number of sulfonamides is 1. The second-order valence-electron chi connectivity index (χ2n) is 5.24. The number of rotatable bonds is 8. The molecule has 0 aliphatic heterocycles. The van der Waals surface area contributed by atoms with Gasteiger partial charge in [0.05, 0.1) is 11.4 Å². The topological polar surface area (TPSA) is 80.5 Å². The van der Waals surface area contributed by atoms with Crippen LogP contribution in [-0.2, 0) is 21.2 Å². The van der Waals surface area contributed by atoms with E-state index >= 15 is 0 Å². The predicted molar refractivity (Wildman–Crippen MR) is 83.7 cm³/mol. The molecule has 7 heteroatoms. The number of amides is 1. The van der Waals surface area contributed by atoms with Crippen LogP contribution in [0.25, 0.3) is 0 Å². The third kappa shape index (κ3) is 5.30. The van der Waals surface area contributed by atoms with E-state index in [1.54, 1.807) is 12.1 Å². The average Bonchev–Trinajstić information content (AvgIpc) is 2.38. The molecule has 0 aromatic heterocycles. The van der Waals surface area contributed by atoms with Crippen molar-refractivity contribution in [3.8, 4) is 0 Å². The van der Waals surface area contributed by atoms with Crippen molar-refractivity contribution in [3.63, 3.8) is 0 Å². The molecule has 0 heterocycles. The smallest absolute Gasteiger partial charge is 0.243 e. The molecule has 2 N–H and O–H groups in total. The van der Waals surface area contributed by atoms with Gasteiger partial charge in [-0.05, 0) is 30.0 Å². The van der Waals surface area contributed by atoms with Crippen molar-refractivity contribution >= 4 is 27.5 Å². The van der Waals surface area contributed by atoms with Gasteiger partial charge in [0.25, 0.3) is 0 Å². The lowest BCUT2D eigenvalue weighted by Crippen LogP contribution is -2.40. The summed E-state index contributed by atoms with van der Waals surface area (Å²) in [5.74, 6) is -0.0969. The summed E-state index contributed by atoms with van der Waals surface area (Å²) < 4.78 is 26.3. The second-order valence-corrected chi connectivity index (χ2v) is 7.56. The van der Waals surface area contributed by atoms with E-state index in [0.717, 1.165) is 9.87 Å². The first kappa shape index (κ1) is 17.9. The molecule has 0 saturated heterocycles. The van der Waals surface area contributed by atoms with Crippen LogP contribution in [0.4, 0.5) is 0 Å². The molecule has 1 aromatic rings. The first-order chi connectivity index (χ1) is 9.77. The van der Waals surface area contributed by atoms with Gasteiger partial charge in [-0.15, -0.1) is 11.6 Å². The van der Waals surface area contributed by atoms with Crippen molar-refractivity contribution in [2.75, 3.05) is 19.0 Å². The molecule has 1 aromatic carbocycles. The largest absolute Gasteiger partial charge is 0.369 e. The highest BCUT2D eigenvalue weighted by atomic mass is 35.5. The normalized spacial score (nSPS) is 12.0. The van der Waals surface area contributed by atoms with Crippen LogP contribution in [0, 0.1) is 5.92 Å². The zero-order valence-corrected chi connectivity index (χ0v) is 13.8. The number of primary amides is 1. The third-order valence-corrected chi connectivity index (χ3v) is 4.86. The van der Waals surface area contributed by atoms with Gasteiger partial charge in [0.2, 0.25) is 15.9 Å². The van der Waals surface area contributed by atoms with Crippen molar-refractivity contribution in [2.45, 2.75) is 25.2 Å². The van der Waals surface area contributed by atoms with Gasteiger partial charge in [-0.25, -0.2) is 8.42 Å². The molecule has 0 atom stereocenters. The number of carbonyl (C=O) groups is 1. The van der Waals surface area contributed by atoms with E-state index in [0.29, 0.717) is 12.3 Å². The molecular weight excluding hydrogens is 312 g/mol. The van der Waals surface area contributed by atoms with Gasteiger partial charge in [-0.1, -0.05) is 26.0 Å². The second kappa shape index (κ2) is 7.77. The number of carbonyl (C=O) groups excluding carboxylic acids is 1. The summed E-state index contributed by atoms with van der Waals surface area (Å²) in [5, 5.41) is 0. The average molecular weight is 333 g/mol. The Morgan fingerprint density at radius 2 is 1.86 bits per heavy atom. The maximum absolute atomic E-state index is 12.6. The third-order valence-electron chi connectivity index (χ3n) is 2.85. The minimum absolute atomic E-state index is 0.0923. The van der Waals surface area contributed by atoms with Gasteiger partial charge < -0.3 is 5.73 Å². The minimum Gasteiger partial charge on any atom is -0.369 e. The van der Waals surface area contributed by atoms with Crippen LogP contribution >= 0.6 is 11.6 Å². The van der Waals surface area contributed by atoms with Crippen LogP contribution < -0.4 is 5.73 Å². The Labute approximate surface area is 131 Å². The van der Waals surface area contributed by atoms with Gasteiger partial charge in [0.1, 0.15) is 0 Å². The summed E-state index contributed by atoms with van der Waals surface area (Å²) in [6.45, 7) is 3.69. The molecule has 118 valence electrons. The van der Waals surface area contributed by atoms with Crippen LogP contribution in [0.5, 0.6) is 0 Å². The van der Waals surface area contributed by atoms with E-state index in [4.69, 9.17) is 17.3 Å². The highest BCUT2D eigenvalue weighted by Gasteiger charge is 2.26. The number of aryl methyl sites for hydroxylation is 1. The number of benzene rings is 1. The van der Waals surface area contributed by atoms with Gasteiger partial charge in [-0.3, -0.25) is 4.79 Å². The molecule has 1 amide bonds. The number of halogens is 1. The molecule has 0 bridgehead atoms. The van der Waals surface area contributed by atoms with Crippen molar-refractivity contribution < 1.29 is 13.2 Å². The summed E-state index contributed by atoms with van der Waals surface area (Å²) in [6, 6.07) is 6.53. The number of nitrogens with two attached hydrogens (primary N) is 1. The minimum atomic E-state index is -3.72. The Kier molecular flexibility index (Phi) is 6.64. The van der Waals surface area contributed by atoms with Crippen molar-refractivity contribution in [1.82, 2.24) is 4.31 Å². The number of hydrogen-bond acceptors (Lipinski definition) is 3. The van der Waals surface area contributed by atoms with Gasteiger partial charge in [0, 0.05) is 12.4 Å². The lowest BCUT2D eigenvalue weighted by atomic mass is 10.2. The van der Waals surface area contributed by atoms with Crippen LogP contribution in [0.3, 0.4) is 0 Å². The Hall–Kier alpha value is -1.11. The molecule has 0 fully saturated rings. The summed E-state index contributed by atoms with van der Waals surface area (Å²) in [4.78, 5) is 11.3. The van der Waals surface area contributed by atoms with Crippen LogP contribution in [0.2, 0.25) is 0 Å². The fraction of sp³-hybridized carbons (Fsp3) is 0.500. The molecule has 0 saturated carbocycles. The van der Waals surface area contributed by atoms with Gasteiger partial charge in [0.15, 0.2) is 0 Å². The van der Waals surface area contributed by atoms with E-state index in [1.165, 1.54) is 12.1 Å². The highest BCUT2D eigenvalue weighted by molar-refractivity contribution is 7.89. The zero-order valence-electron chi connectivity index (χ0n) is 12.3. The van der Waals surface area contributed by atoms with E-state index in [9.17, 15) is 13.2 Å².